The Morgan fingerprint density at radius 3 is 2.57 bits per heavy atom. The van der Waals surface area contributed by atoms with Crippen molar-refractivity contribution in [1.82, 2.24) is 15.2 Å². The molecule has 7 heteroatoms. The Kier molecular flexibility index (Phi) is 4.42. The van der Waals surface area contributed by atoms with Crippen molar-refractivity contribution in [3.63, 3.8) is 0 Å². The van der Waals surface area contributed by atoms with Gasteiger partial charge in [0, 0.05) is 13.2 Å². The summed E-state index contributed by atoms with van der Waals surface area (Å²) in [5.41, 5.74) is 2.11. The van der Waals surface area contributed by atoms with E-state index in [2.05, 4.69) is 21.3 Å². The van der Waals surface area contributed by atoms with E-state index in [9.17, 15) is 10.5 Å². The topological polar surface area (TPSA) is 92.4 Å². The molecule has 2 heterocycles. The average molecular weight is 301 g/mol. The van der Waals surface area contributed by atoms with Crippen molar-refractivity contribution >= 4 is 17.4 Å². The number of nitriles is 2. The summed E-state index contributed by atoms with van der Waals surface area (Å²) in [6, 6.07) is 6.00. The first kappa shape index (κ1) is 14.8. The van der Waals surface area contributed by atoms with E-state index in [4.69, 9.17) is 11.6 Å². The van der Waals surface area contributed by atoms with E-state index >= 15 is 0 Å². The molecule has 2 aromatic rings. The molecule has 0 aliphatic rings. The Labute approximate surface area is 127 Å². The lowest BCUT2D eigenvalue weighted by atomic mass is 10.0. The van der Waals surface area contributed by atoms with Crippen LogP contribution in [0.25, 0.3) is 0 Å². The molecule has 0 unspecified atom stereocenters. The Hall–Kier alpha value is -2.57. The van der Waals surface area contributed by atoms with Gasteiger partial charge in [-0.1, -0.05) is 18.5 Å². The van der Waals surface area contributed by atoms with Crippen molar-refractivity contribution in [2.24, 2.45) is 0 Å². The van der Waals surface area contributed by atoms with Crippen LogP contribution in [0, 0.1) is 22.7 Å². The second-order valence-electron chi connectivity index (χ2n) is 4.45. The van der Waals surface area contributed by atoms with Crippen LogP contribution < -0.4 is 4.90 Å². The molecule has 106 valence electrons. The minimum atomic E-state index is 0.122. The number of hydrogen-bond donors (Lipinski definition) is 1. The van der Waals surface area contributed by atoms with Crippen molar-refractivity contribution in [2.75, 3.05) is 11.9 Å². The highest BCUT2D eigenvalue weighted by atomic mass is 35.5. The van der Waals surface area contributed by atoms with Crippen LogP contribution in [0.15, 0.2) is 12.3 Å². The molecule has 2 rings (SSSR count). The molecule has 2 aromatic heterocycles. The normalized spacial score (nSPS) is 9.95. The molecule has 0 aliphatic heterocycles. The summed E-state index contributed by atoms with van der Waals surface area (Å²) >= 11 is 6.08. The van der Waals surface area contributed by atoms with Crippen LogP contribution in [0.2, 0.25) is 5.15 Å². The van der Waals surface area contributed by atoms with Crippen LogP contribution >= 0.6 is 11.6 Å². The average Bonchev–Trinajstić information content (AvgIpc) is 2.98. The smallest absolute Gasteiger partial charge is 0.149 e. The Morgan fingerprint density at radius 1 is 1.33 bits per heavy atom. The number of rotatable bonds is 4. The molecule has 0 saturated heterocycles. The predicted octanol–water partition coefficient (Wildman–Crippen LogP) is 2.40. The van der Waals surface area contributed by atoms with Gasteiger partial charge in [-0.25, -0.2) is 4.98 Å². The number of halogens is 1. The van der Waals surface area contributed by atoms with E-state index in [1.807, 2.05) is 19.1 Å². The number of nitrogens with one attached hydrogen (secondary N) is 1. The van der Waals surface area contributed by atoms with Gasteiger partial charge in [0.1, 0.15) is 23.1 Å². The highest BCUT2D eigenvalue weighted by Crippen LogP contribution is 2.29. The first-order chi connectivity index (χ1) is 10.1. The zero-order valence-electron chi connectivity index (χ0n) is 11.7. The fourth-order valence-electron chi connectivity index (χ4n) is 2.15. The number of H-pyrrole nitrogens is 1. The van der Waals surface area contributed by atoms with Gasteiger partial charge in [-0.2, -0.15) is 15.6 Å². The predicted molar refractivity (Wildman–Crippen MR) is 78.7 cm³/mol. The molecule has 0 amide bonds. The largest absolute Gasteiger partial charge is 0.353 e. The molecule has 1 N–H and O–H groups in total. The summed E-state index contributed by atoms with van der Waals surface area (Å²) in [5.74, 6) is 0.460. The van der Waals surface area contributed by atoms with E-state index in [0.717, 1.165) is 5.69 Å². The quantitative estimate of drug-likeness (QED) is 0.875. The van der Waals surface area contributed by atoms with Gasteiger partial charge in [-0.15, -0.1) is 0 Å². The van der Waals surface area contributed by atoms with Crippen LogP contribution in [-0.2, 0) is 13.0 Å². The van der Waals surface area contributed by atoms with Crippen molar-refractivity contribution in [3.8, 4) is 12.1 Å². The molecule has 0 saturated carbocycles. The van der Waals surface area contributed by atoms with Gasteiger partial charge in [0.05, 0.1) is 23.4 Å². The minimum Gasteiger partial charge on any atom is -0.353 e. The molecule has 0 aliphatic carbocycles. The Bertz CT molecular complexity index is 723. The molecule has 6 nitrogen and oxygen atoms in total. The van der Waals surface area contributed by atoms with Gasteiger partial charge >= 0.3 is 0 Å². The zero-order chi connectivity index (χ0) is 15.4. The lowest BCUT2D eigenvalue weighted by molar-refractivity contribution is 0.848. The van der Waals surface area contributed by atoms with Crippen molar-refractivity contribution in [1.29, 1.82) is 10.5 Å². The molecule has 21 heavy (non-hydrogen) atoms. The van der Waals surface area contributed by atoms with E-state index in [0.29, 0.717) is 29.9 Å². The summed E-state index contributed by atoms with van der Waals surface area (Å²) in [4.78, 5) is 6.00. The zero-order valence-corrected chi connectivity index (χ0v) is 12.4. The molecule has 0 bridgehead atoms. The van der Waals surface area contributed by atoms with Crippen molar-refractivity contribution < 1.29 is 0 Å². The van der Waals surface area contributed by atoms with Gasteiger partial charge in [0.15, 0.2) is 0 Å². The SMILES string of the molecule is CCc1c(C#N)c(Cl)nc(N(C)Cc2cc[nH]n2)c1C#N. The monoisotopic (exact) mass is 300 g/mol. The van der Waals surface area contributed by atoms with Crippen LogP contribution in [0.1, 0.15) is 29.3 Å². The van der Waals surface area contributed by atoms with E-state index < -0.39 is 0 Å². The number of anilines is 1. The highest BCUT2D eigenvalue weighted by Gasteiger charge is 2.20. The van der Waals surface area contributed by atoms with Gasteiger partial charge in [0.2, 0.25) is 0 Å². The summed E-state index contributed by atoms with van der Waals surface area (Å²) in [7, 11) is 1.81. The maximum absolute atomic E-state index is 9.43. The van der Waals surface area contributed by atoms with E-state index in [-0.39, 0.29) is 10.7 Å². The fraction of sp³-hybridized carbons (Fsp3) is 0.286. The van der Waals surface area contributed by atoms with Crippen LogP contribution in [0.4, 0.5) is 5.82 Å². The van der Waals surface area contributed by atoms with Crippen LogP contribution in [0.5, 0.6) is 0 Å². The third kappa shape index (κ3) is 2.81. The first-order valence-corrected chi connectivity index (χ1v) is 6.72. The first-order valence-electron chi connectivity index (χ1n) is 6.34. The van der Waals surface area contributed by atoms with Crippen LogP contribution in [0.3, 0.4) is 0 Å². The Morgan fingerprint density at radius 2 is 2.05 bits per heavy atom. The van der Waals surface area contributed by atoms with Gasteiger partial charge in [0.25, 0.3) is 0 Å². The third-order valence-corrected chi connectivity index (χ3v) is 3.41. The Balaban J connectivity index is 2.51. The molecular formula is C14H13ClN6. The van der Waals surface area contributed by atoms with Gasteiger partial charge < -0.3 is 4.90 Å². The number of hydrogen-bond acceptors (Lipinski definition) is 5. The van der Waals surface area contributed by atoms with Gasteiger partial charge in [-0.3, -0.25) is 5.10 Å². The second kappa shape index (κ2) is 6.25. The molecular weight excluding hydrogens is 288 g/mol. The third-order valence-electron chi connectivity index (χ3n) is 3.13. The number of nitrogens with zero attached hydrogens (tertiary/aromatic N) is 5. The molecule has 0 radical (unpaired) electrons. The minimum absolute atomic E-state index is 0.122. The van der Waals surface area contributed by atoms with Crippen molar-refractivity contribution in [2.45, 2.75) is 19.9 Å². The van der Waals surface area contributed by atoms with Crippen molar-refractivity contribution in [3.05, 3.63) is 39.8 Å². The highest BCUT2D eigenvalue weighted by molar-refractivity contribution is 6.30. The summed E-state index contributed by atoms with van der Waals surface area (Å²) < 4.78 is 0. The van der Waals surface area contributed by atoms with E-state index in [1.165, 1.54) is 0 Å². The maximum atomic E-state index is 9.43. The van der Waals surface area contributed by atoms with Gasteiger partial charge in [-0.05, 0) is 18.1 Å². The number of aromatic amines is 1. The number of pyridine rings is 1. The molecule has 0 fully saturated rings. The molecule has 0 spiro atoms. The lowest BCUT2D eigenvalue weighted by Gasteiger charge is -2.20. The lowest BCUT2D eigenvalue weighted by Crippen LogP contribution is -2.20. The summed E-state index contributed by atoms with van der Waals surface area (Å²) in [6.45, 7) is 2.36. The molecule has 0 aromatic carbocycles. The van der Waals surface area contributed by atoms with E-state index in [1.54, 1.807) is 18.1 Å². The summed E-state index contributed by atoms with van der Waals surface area (Å²) in [6.07, 6.45) is 2.27. The maximum Gasteiger partial charge on any atom is 0.149 e. The summed E-state index contributed by atoms with van der Waals surface area (Å²) in [5, 5.41) is 25.5. The van der Waals surface area contributed by atoms with Crippen LogP contribution in [-0.4, -0.2) is 22.2 Å². The standard InChI is InChI=1S/C14H13ClN6/c1-3-10-11(6-16)13(15)19-14(12(10)7-17)21(2)8-9-4-5-18-20-9/h4-5H,3,8H2,1-2H3,(H,18,20). The number of aromatic nitrogens is 3. The fourth-order valence-corrected chi connectivity index (χ4v) is 2.38. The second-order valence-corrected chi connectivity index (χ2v) is 4.81. The molecule has 0 atom stereocenters.